The van der Waals surface area contributed by atoms with E-state index >= 15 is 0 Å². The van der Waals surface area contributed by atoms with Crippen LogP contribution in [-0.4, -0.2) is 24.8 Å². The summed E-state index contributed by atoms with van der Waals surface area (Å²) in [5.41, 5.74) is 5.57. The third-order valence-electron chi connectivity index (χ3n) is 4.73. The molecule has 1 amide bonds. The van der Waals surface area contributed by atoms with Crippen LogP contribution in [0.5, 0.6) is 11.5 Å². The number of aryl methyl sites for hydroxylation is 1. The second-order valence-corrected chi connectivity index (χ2v) is 7.44. The van der Waals surface area contributed by atoms with E-state index in [0.29, 0.717) is 36.8 Å². The second-order valence-electron chi connectivity index (χ2n) is 7.04. The highest BCUT2D eigenvalue weighted by Crippen LogP contribution is 2.27. The molecule has 1 aliphatic rings. The first-order valence-electron chi connectivity index (χ1n) is 11.2. The fourth-order valence-electron chi connectivity index (χ4n) is 3.04. The fourth-order valence-corrected chi connectivity index (χ4v) is 3.28. The van der Waals surface area contributed by atoms with Crippen molar-refractivity contribution < 1.29 is 14.3 Å². The molecule has 0 saturated carbocycles. The Bertz CT molecular complexity index is 850. The number of ether oxygens (including phenoxy) is 2. The number of halogens is 1. The lowest BCUT2D eigenvalue weighted by atomic mass is 10.0. The van der Waals surface area contributed by atoms with Gasteiger partial charge in [-0.1, -0.05) is 50.9 Å². The zero-order valence-corrected chi connectivity index (χ0v) is 19.5. The van der Waals surface area contributed by atoms with Crippen LogP contribution >= 0.6 is 11.6 Å². The van der Waals surface area contributed by atoms with E-state index in [4.69, 9.17) is 21.1 Å². The molecule has 0 aliphatic carbocycles. The first kappa shape index (κ1) is 24.7. The summed E-state index contributed by atoms with van der Waals surface area (Å²) < 4.78 is 11.6. The number of benzene rings is 2. The van der Waals surface area contributed by atoms with Crippen molar-refractivity contribution in [3.8, 4) is 11.5 Å². The van der Waals surface area contributed by atoms with E-state index < -0.39 is 0 Å². The Labute approximate surface area is 190 Å². The van der Waals surface area contributed by atoms with E-state index in [2.05, 4.69) is 29.6 Å². The number of hydrogen-bond donors (Lipinski definition) is 1. The molecule has 0 bridgehead atoms. The number of rotatable bonds is 10. The van der Waals surface area contributed by atoms with Crippen LogP contribution in [0, 0.1) is 0 Å². The quantitative estimate of drug-likeness (QED) is 0.445. The molecule has 6 heteroatoms. The van der Waals surface area contributed by atoms with Gasteiger partial charge in [0, 0.05) is 19.3 Å². The molecule has 168 valence electrons. The van der Waals surface area contributed by atoms with E-state index in [-0.39, 0.29) is 5.91 Å². The Morgan fingerprint density at radius 2 is 1.74 bits per heavy atom. The minimum atomic E-state index is -0.0607. The monoisotopic (exact) mass is 444 g/mol. The Morgan fingerprint density at radius 3 is 2.39 bits per heavy atom. The molecule has 3 rings (SSSR count). The number of amides is 1. The van der Waals surface area contributed by atoms with E-state index in [1.807, 2.05) is 44.2 Å². The Morgan fingerprint density at radius 1 is 1.00 bits per heavy atom. The van der Waals surface area contributed by atoms with Crippen molar-refractivity contribution in [1.29, 1.82) is 0 Å². The van der Waals surface area contributed by atoms with Gasteiger partial charge in [0.05, 0.1) is 23.9 Å². The molecule has 5 nitrogen and oxygen atoms in total. The van der Waals surface area contributed by atoms with Crippen molar-refractivity contribution in [2.24, 2.45) is 5.10 Å². The summed E-state index contributed by atoms with van der Waals surface area (Å²) in [5, 5.41) is 4.62. The largest absolute Gasteiger partial charge is 0.493 e. The third kappa shape index (κ3) is 8.25. The standard InChI is InChI=1S/C23H27ClN2O3.C2H6/c1-2-3-5-17-6-9-19(10-7-17)28-14-4-15-29-22-12-8-18(16-20(22)24)21-11-13-23(27)26-25-21;1-2/h6-10,12,16H,2-5,11,13-15H2,1H3,(H,26,27);1-2H3. The van der Waals surface area contributed by atoms with Crippen LogP contribution in [0.1, 0.15) is 64.0 Å². The third-order valence-corrected chi connectivity index (χ3v) is 5.02. The van der Waals surface area contributed by atoms with Gasteiger partial charge < -0.3 is 9.47 Å². The molecular formula is C25H33ClN2O3. The average Bonchev–Trinajstić information content (AvgIpc) is 2.81. The van der Waals surface area contributed by atoms with Crippen molar-refractivity contribution in [1.82, 2.24) is 5.43 Å². The fraction of sp³-hybridized carbons (Fsp3) is 0.440. The smallest absolute Gasteiger partial charge is 0.240 e. The van der Waals surface area contributed by atoms with Gasteiger partial charge in [-0.3, -0.25) is 4.79 Å². The number of carbonyl (C=O) groups is 1. The molecule has 0 saturated heterocycles. The second kappa shape index (κ2) is 13.7. The molecule has 2 aromatic carbocycles. The van der Waals surface area contributed by atoms with Gasteiger partial charge in [-0.2, -0.15) is 5.10 Å². The number of nitrogens with one attached hydrogen (secondary N) is 1. The molecule has 0 radical (unpaired) electrons. The number of hydrazone groups is 1. The van der Waals surface area contributed by atoms with E-state index in [1.54, 1.807) is 0 Å². The summed E-state index contributed by atoms with van der Waals surface area (Å²) in [4.78, 5) is 11.2. The average molecular weight is 445 g/mol. The van der Waals surface area contributed by atoms with Crippen LogP contribution in [0.3, 0.4) is 0 Å². The summed E-state index contributed by atoms with van der Waals surface area (Å²) in [5.74, 6) is 1.46. The van der Waals surface area contributed by atoms with Gasteiger partial charge in [0.1, 0.15) is 11.5 Å². The highest BCUT2D eigenvalue weighted by atomic mass is 35.5. The maximum absolute atomic E-state index is 11.2. The Hall–Kier alpha value is -2.53. The van der Waals surface area contributed by atoms with Gasteiger partial charge in [-0.25, -0.2) is 5.43 Å². The summed E-state index contributed by atoms with van der Waals surface area (Å²) in [6, 6.07) is 13.9. The first-order valence-corrected chi connectivity index (χ1v) is 11.5. The molecule has 1 heterocycles. The summed E-state index contributed by atoms with van der Waals surface area (Å²) >= 11 is 6.34. The molecular weight excluding hydrogens is 412 g/mol. The predicted molar refractivity (Wildman–Crippen MR) is 127 cm³/mol. The van der Waals surface area contributed by atoms with Crippen LogP contribution in [0.2, 0.25) is 5.02 Å². The Kier molecular flexibility index (Phi) is 10.9. The normalized spacial score (nSPS) is 12.9. The minimum Gasteiger partial charge on any atom is -0.493 e. The van der Waals surface area contributed by atoms with Crippen LogP contribution in [-0.2, 0) is 11.2 Å². The zero-order valence-electron chi connectivity index (χ0n) is 18.7. The number of nitrogens with zero attached hydrogens (tertiary/aromatic N) is 1. The van der Waals surface area contributed by atoms with Crippen molar-refractivity contribution in [3.63, 3.8) is 0 Å². The van der Waals surface area contributed by atoms with Crippen LogP contribution < -0.4 is 14.9 Å². The minimum absolute atomic E-state index is 0.0607. The number of hydrogen-bond acceptors (Lipinski definition) is 4. The SMILES string of the molecule is CC.CCCCc1ccc(OCCCOc2ccc(C3=NNC(=O)CC3)cc2Cl)cc1. The van der Waals surface area contributed by atoms with Gasteiger partial charge in [-0.15, -0.1) is 0 Å². The lowest BCUT2D eigenvalue weighted by molar-refractivity contribution is -0.121. The first-order chi connectivity index (χ1) is 15.2. The molecule has 1 aliphatic heterocycles. The summed E-state index contributed by atoms with van der Waals surface area (Å²) in [6.07, 6.45) is 5.35. The van der Waals surface area contributed by atoms with Gasteiger partial charge in [-0.05, 0) is 54.3 Å². The van der Waals surface area contributed by atoms with Gasteiger partial charge in [0.15, 0.2) is 0 Å². The van der Waals surface area contributed by atoms with Crippen LogP contribution in [0.15, 0.2) is 47.6 Å². The van der Waals surface area contributed by atoms with Crippen molar-refractivity contribution in [3.05, 3.63) is 58.6 Å². The summed E-state index contributed by atoms with van der Waals surface area (Å²) in [6.45, 7) is 7.30. The topological polar surface area (TPSA) is 59.9 Å². The predicted octanol–water partition coefficient (Wildman–Crippen LogP) is 6.17. The summed E-state index contributed by atoms with van der Waals surface area (Å²) in [7, 11) is 0. The van der Waals surface area contributed by atoms with Crippen molar-refractivity contribution in [2.75, 3.05) is 13.2 Å². The Balaban J connectivity index is 0.00000166. The molecule has 0 spiro atoms. The van der Waals surface area contributed by atoms with Gasteiger partial charge in [0.2, 0.25) is 5.91 Å². The highest BCUT2D eigenvalue weighted by molar-refractivity contribution is 6.32. The molecule has 0 unspecified atom stereocenters. The molecule has 0 atom stereocenters. The lowest BCUT2D eigenvalue weighted by Gasteiger charge is -2.14. The molecule has 31 heavy (non-hydrogen) atoms. The van der Waals surface area contributed by atoms with Gasteiger partial charge >= 0.3 is 0 Å². The molecule has 1 N–H and O–H groups in total. The van der Waals surface area contributed by atoms with Crippen molar-refractivity contribution >= 4 is 23.2 Å². The van der Waals surface area contributed by atoms with Crippen molar-refractivity contribution in [2.45, 2.75) is 59.3 Å². The maximum atomic E-state index is 11.2. The van der Waals surface area contributed by atoms with E-state index in [9.17, 15) is 4.79 Å². The van der Waals surface area contributed by atoms with E-state index in [0.717, 1.165) is 29.9 Å². The van der Waals surface area contributed by atoms with E-state index in [1.165, 1.54) is 18.4 Å². The van der Waals surface area contributed by atoms with Crippen LogP contribution in [0.4, 0.5) is 0 Å². The lowest BCUT2D eigenvalue weighted by Crippen LogP contribution is -2.25. The maximum Gasteiger partial charge on any atom is 0.240 e. The van der Waals surface area contributed by atoms with Gasteiger partial charge in [0.25, 0.3) is 0 Å². The zero-order chi connectivity index (χ0) is 22.5. The molecule has 0 aromatic heterocycles. The molecule has 2 aromatic rings. The van der Waals surface area contributed by atoms with Crippen LogP contribution in [0.25, 0.3) is 0 Å². The highest BCUT2D eigenvalue weighted by Gasteiger charge is 2.14. The molecule has 0 fully saturated rings. The number of unbranched alkanes of at least 4 members (excludes halogenated alkanes) is 1. The number of carbonyl (C=O) groups excluding carboxylic acids is 1.